The number of halogens is 2. The number of nitrogens with one attached hydrogen (secondary N) is 1. The average molecular weight is 443 g/mol. The van der Waals surface area contributed by atoms with Gasteiger partial charge in [0, 0.05) is 35.2 Å². The molecule has 8 heteroatoms. The number of hydrogen-bond donors (Lipinski definition) is 1. The molecule has 0 radical (unpaired) electrons. The summed E-state index contributed by atoms with van der Waals surface area (Å²) in [5.41, 5.74) is 0.546. The van der Waals surface area contributed by atoms with Gasteiger partial charge in [-0.1, -0.05) is 41.9 Å². The maximum Gasteiger partial charge on any atom is 0.251 e. The first-order valence-electron chi connectivity index (χ1n) is 8.12. The lowest BCUT2D eigenvalue weighted by Crippen LogP contribution is -2.31. The zero-order valence-corrected chi connectivity index (χ0v) is 16.9. The van der Waals surface area contributed by atoms with Crippen molar-refractivity contribution >= 4 is 31.9 Å². The molecule has 140 valence electrons. The highest BCUT2D eigenvalue weighted by Gasteiger charge is 2.22. The number of nitrogens with zero attached hydrogens (tertiary/aromatic N) is 1. The van der Waals surface area contributed by atoms with E-state index in [9.17, 15) is 17.6 Å². The molecule has 2 aromatic carbocycles. The average Bonchev–Trinajstić information content (AvgIpc) is 2.61. The molecule has 0 bridgehead atoms. The Balaban J connectivity index is 2.17. The normalized spacial score (nSPS) is 11.6. The number of benzene rings is 2. The number of carbonyl (C=O) groups is 1. The third-order valence-corrected chi connectivity index (χ3v) is 6.43. The van der Waals surface area contributed by atoms with Crippen LogP contribution in [0, 0.1) is 5.82 Å². The SMILES string of the molecule is CCN(CC)S(=O)(=O)c1cccc(C(=O)NCc2ccc(Br)cc2F)c1. The summed E-state index contributed by atoms with van der Waals surface area (Å²) >= 11 is 3.17. The Labute approximate surface area is 161 Å². The largest absolute Gasteiger partial charge is 0.348 e. The second kappa shape index (κ2) is 8.75. The van der Waals surface area contributed by atoms with Gasteiger partial charge in [-0.25, -0.2) is 12.8 Å². The monoisotopic (exact) mass is 442 g/mol. The maximum absolute atomic E-state index is 13.8. The molecule has 5 nitrogen and oxygen atoms in total. The van der Waals surface area contributed by atoms with E-state index in [1.807, 2.05) is 0 Å². The van der Waals surface area contributed by atoms with Gasteiger partial charge in [0.15, 0.2) is 0 Å². The summed E-state index contributed by atoms with van der Waals surface area (Å²) in [7, 11) is -3.65. The Morgan fingerprint density at radius 2 is 1.85 bits per heavy atom. The Morgan fingerprint density at radius 1 is 1.15 bits per heavy atom. The minimum absolute atomic E-state index is 0.00493. The van der Waals surface area contributed by atoms with Gasteiger partial charge < -0.3 is 5.32 Å². The van der Waals surface area contributed by atoms with Crippen LogP contribution in [0.2, 0.25) is 0 Å². The maximum atomic E-state index is 13.8. The van der Waals surface area contributed by atoms with Gasteiger partial charge >= 0.3 is 0 Å². The van der Waals surface area contributed by atoms with Crippen molar-refractivity contribution < 1.29 is 17.6 Å². The fraction of sp³-hybridized carbons (Fsp3) is 0.278. The molecule has 0 fully saturated rings. The zero-order chi connectivity index (χ0) is 19.3. The van der Waals surface area contributed by atoms with E-state index in [1.165, 1.54) is 34.6 Å². The molecule has 0 aliphatic heterocycles. The van der Waals surface area contributed by atoms with Crippen LogP contribution in [-0.2, 0) is 16.6 Å². The molecule has 1 amide bonds. The second-order valence-electron chi connectivity index (χ2n) is 5.54. The van der Waals surface area contributed by atoms with Crippen molar-refractivity contribution in [1.29, 1.82) is 0 Å². The Hall–Kier alpha value is -1.77. The number of carbonyl (C=O) groups excluding carboxylic acids is 1. The number of hydrogen-bond acceptors (Lipinski definition) is 3. The van der Waals surface area contributed by atoms with Crippen LogP contribution in [0.3, 0.4) is 0 Å². The molecule has 0 unspecified atom stereocenters. The standard InChI is InChI=1S/C18H20BrFN2O3S/c1-3-22(4-2)26(24,25)16-7-5-6-13(10-16)18(23)21-12-14-8-9-15(19)11-17(14)20/h5-11H,3-4,12H2,1-2H3,(H,21,23). The van der Waals surface area contributed by atoms with Crippen LogP contribution >= 0.6 is 15.9 Å². The first-order chi connectivity index (χ1) is 12.3. The first-order valence-corrected chi connectivity index (χ1v) is 10.3. The predicted octanol–water partition coefficient (Wildman–Crippen LogP) is 3.55. The van der Waals surface area contributed by atoms with Gasteiger partial charge in [0.1, 0.15) is 5.82 Å². The Bertz CT molecular complexity index is 899. The first kappa shape index (κ1) is 20.5. The third kappa shape index (κ3) is 4.69. The molecule has 0 atom stereocenters. The van der Waals surface area contributed by atoms with Crippen LogP contribution in [0.1, 0.15) is 29.8 Å². The fourth-order valence-electron chi connectivity index (χ4n) is 2.45. The van der Waals surface area contributed by atoms with E-state index in [0.29, 0.717) is 23.1 Å². The van der Waals surface area contributed by atoms with Gasteiger partial charge in [-0.2, -0.15) is 4.31 Å². The summed E-state index contributed by atoms with van der Waals surface area (Å²) < 4.78 is 40.9. The lowest BCUT2D eigenvalue weighted by molar-refractivity contribution is 0.0950. The van der Waals surface area contributed by atoms with Gasteiger partial charge in [0.05, 0.1) is 4.90 Å². The molecular weight excluding hydrogens is 423 g/mol. The minimum atomic E-state index is -3.65. The van der Waals surface area contributed by atoms with Crippen molar-refractivity contribution in [2.75, 3.05) is 13.1 Å². The second-order valence-corrected chi connectivity index (χ2v) is 8.39. The van der Waals surface area contributed by atoms with Crippen LogP contribution in [0.15, 0.2) is 51.8 Å². The van der Waals surface area contributed by atoms with Crippen LogP contribution in [0.25, 0.3) is 0 Å². The molecule has 0 aromatic heterocycles. The third-order valence-electron chi connectivity index (χ3n) is 3.89. The van der Waals surface area contributed by atoms with Crippen molar-refractivity contribution in [2.45, 2.75) is 25.3 Å². The van der Waals surface area contributed by atoms with Crippen molar-refractivity contribution in [3.05, 3.63) is 63.9 Å². The number of sulfonamides is 1. The van der Waals surface area contributed by atoms with Crippen LogP contribution in [-0.4, -0.2) is 31.7 Å². The van der Waals surface area contributed by atoms with Crippen molar-refractivity contribution in [2.24, 2.45) is 0 Å². The van der Waals surface area contributed by atoms with E-state index in [4.69, 9.17) is 0 Å². The number of rotatable bonds is 7. The molecule has 1 N–H and O–H groups in total. The molecule has 2 aromatic rings. The van der Waals surface area contributed by atoms with E-state index < -0.39 is 21.7 Å². The predicted molar refractivity (Wildman–Crippen MR) is 102 cm³/mol. The van der Waals surface area contributed by atoms with Gasteiger partial charge in [-0.15, -0.1) is 0 Å². The molecule has 2 rings (SSSR count). The van der Waals surface area contributed by atoms with E-state index in [1.54, 1.807) is 26.0 Å². The summed E-state index contributed by atoms with van der Waals surface area (Å²) in [6.07, 6.45) is 0. The van der Waals surface area contributed by atoms with Crippen molar-refractivity contribution in [1.82, 2.24) is 9.62 Å². The Morgan fingerprint density at radius 3 is 2.46 bits per heavy atom. The summed E-state index contributed by atoms with van der Waals surface area (Å²) in [6.45, 7) is 4.20. The summed E-state index contributed by atoms with van der Waals surface area (Å²) in [4.78, 5) is 12.4. The Kier molecular flexibility index (Phi) is 6.91. The summed E-state index contributed by atoms with van der Waals surface area (Å²) in [5, 5.41) is 2.61. The number of amides is 1. The van der Waals surface area contributed by atoms with E-state index >= 15 is 0 Å². The van der Waals surface area contributed by atoms with Gasteiger partial charge in [0.25, 0.3) is 5.91 Å². The van der Waals surface area contributed by atoms with Crippen LogP contribution in [0.5, 0.6) is 0 Å². The smallest absolute Gasteiger partial charge is 0.251 e. The van der Waals surface area contributed by atoms with Crippen molar-refractivity contribution in [3.63, 3.8) is 0 Å². The van der Waals surface area contributed by atoms with Gasteiger partial charge in [-0.3, -0.25) is 4.79 Å². The zero-order valence-electron chi connectivity index (χ0n) is 14.5. The summed E-state index contributed by atoms with van der Waals surface area (Å²) in [5.74, 6) is -0.901. The molecule has 26 heavy (non-hydrogen) atoms. The van der Waals surface area contributed by atoms with Crippen LogP contribution in [0.4, 0.5) is 4.39 Å². The molecule has 0 aliphatic rings. The molecular formula is C18H20BrFN2O3S. The molecule has 0 spiro atoms. The lowest BCUT2D eigenvalue weighted by Gasteiger charge is -2.18. The lowest BCUT2D eigenvalue weighted by atomic mass is 10.2. The highest BCUT2D eigenvalue weighted by atomic mass is 79.9. The summed E-state index contributed by atoms with van der Waals surface area (Å²) in [6, 6.07) is 10.4. The van der Waals surface area contributed by atoms with Gasteiger partial charge in [0.2, 0.25) is 10.0 Å². The van der Waals surface area contributed by atoms with E-state index in [2.05, 4.69) is 21.2 Å². The molecule has 0 heterocycles. The molecule has 0 saturated carbocycles. The quantitative estimate of drug-likeness (QED) is 0.712. The van der Waals surface area contributed by atoms with Crippen molar-refractivity contribution in [3.8, 4) is 0 Å². The van der Waals surface area contributed by atoms with E-state index in [-0.39, 0.29) is 17.0 Å². The topological polar surface area (TPSA) is 66.5 Å². The highest BCUT2D eigenvalue weighted by molar-refractivity contribution is 9.10. The highest BCUT2D eigenvalue weighted by Crippen LogP contribution is 2.18. The minimum Gasteiger partial charge on any atom is -0.348 e. The molecule has 0 saturated heterocycles. The molecule has 0 aliphatic carbocycles. The van der Waals surface area contributed by atoms with Gasteiger partial charge in [-0.05, 0) is 30.3 Å². The fourth-order valence-corrected chi connectivity index (χ4v) is 4.29. The van der Waals surface area contributed by atoms with Crippen LogP contribution < -0.4 is 5.32 Å². The van der Waals surface area contributed by atoms with E-state index in [0.717, 1.165) is 0 Å².